The van der Waals surface area contributed by atoms with Crippen LogP contribution in [-0.4, -0.2) is 111 Å². The fourth-order valence-corrected chi connectivity index (χ4v) is 6.58. The maximum absolute atomic E-state index is 13.4. The Morgan fingerprint density at radius 2 is 1.65 bits per heavy atom. The van der Waals surface area contributed by atoms with Crippen molar-refractivity contribution >= 4 is 17.9 Å². The normalized spacial score (nSPS) is 21.4. The standard InChI is InChI=1S/C35H48N4O7/c1-4-43-32(44-5-2)17-19-37(3)31(40)18-22-45-29-13-11-27(12-14-29)33(41)39-24-35(25-39,28-9-7-6-8-10-28)36-34(42)46-30-23-38-20-15-26(30)16-21-38/h6-14,26,30,32H,4-5,15-25H2,1-3H3,(H,36,42)/t30-/m0/s1. The topological polar surface area (TPSA) is 110 Å². The van der Waals surface area contributed by atoms with E-state index in [0.717, 1.165) is 38.0 Å². The first kappa shape index (κ1) is 33.7. The zero-order valence-corrected chi connectivity index (χ0v) is 27.3. The van der Waals surface area contributed by atoms with Crippen LogP contribution in [0.1, 0.15) is 55.5 Å². The summed E-state index contributed by atoms with van der Waals surface area (Å²) in [7, 11) is 1.76. The van der Waals surface area contributed by atoms with Crippen LogP contribution in [0.4, 0.5) is 4.79 Å². The zero-order valence-electron chi connectivity index (χ0n) is 27.3. The van der Waals surface area contributed by atoms with Crippen LogP contribution in [0.2, 0.25) is 0 Å². The van der Waals surface area contributed by atoms with E-state index in [1.54, 1.807) is 41.1 Å². The molecular formula is C35H48N4O7. The van der Waals surface area contributed by atoms with Gasteiger partial charge in [-0.15, -0.1) is 0 Å². The summed E-state index contributed by atoms with van der Waals surface area (Å²) in [6.07, 6.45) is 2.12. The highest BCUT2D eigenvalue weighted by Crippen LogP contribution is 2.35. The second-order valence-corrected chi connectivity index (χ2v) is 12.4. The highest BCUT2D eigenvalue weighted by Gasteiger charge is 2.49. The van der Waals surface area contributed by atoms with Crippen LogP contribution in [0.15, 0.2) is 54.6 Å². The number of nitrogens with one attached hydrogen (secondary N) is 1. The van der Waals surface area contributed by atoms with Gasteiger partial charge in [0.15, 0.2) is 6.29 Å². The molecule has 1 atom stereocenters. The summed E-state index contributed by atoms with van der Waals surface area (Å²) in [5.41, 5.74) is 0.757. The van der Waals surface area contributed by atoms with Gasteiger partial charge >= 0.3 is 6.09 Å². The van der Waals surface area contributed by atoms with Gasteiger partial charge in [0.25, 0.3) is 5.91 Å². The van der Waals surface area contributed by atoms with Gasteiger partial charge in [0.05, 0.1) is 26.1 Å². The van der Waals surface area contributed by atoms with E-state index in [1.807, 2.05) is 44.2 Å². The number of hydrogen-bond donors (Lipinski definition) is 1. The molecule has 0 unspecified atom stereocenters. The first-order valence-corrected chi connectivity index (χ1v) is 16.6. The molecule has 0 spiro atoms. The number of piperidine rings is 3. The first-order valence-electron chi connectivity index (χ1n) is 16.6. The molecule has 2 bridgehead atoms. The molecular weight excluding hydrogens is 588 g/mol. The summed E-state index contributed by atoms with van der Waals surface area (Å²) in [6, 6.07) is 16.7. The van der Waals surface area contributed by atoms with E-state index in [-0.39, 0.29) is 37.2 Å². The maximum Gasteiger partial charge on any atom is 0.408 e. The molecule has 3 amide bonds. The third-order valence-corrected chi connectivity index (χ3v) is 9.25. The molecule has 250 valence electrons. The van der Waals surface area contributed by atoms with E-state index in [2.05, 4.69) is 10.2 Å². The summed E-state index contributed by atoms with van der Waals surface area (Å²) < 4.78 is 22.8. The minimum Gasteiger partial charge on any atom is -0.493 e. The summed E-state index contributed by atoms with van der Waals surface area (Å²) in [5.74, 6) is 0.847. The van der Waals surface area contributed by atoms with Crippen LogP contribution in [-0.2, 0) is 24.5 Å². The van der Waals surface area contributed by atoms with E-state index < -0.39 is 11.6 Å². The quantitative estimate of drug-likeness (QED) is 0.294. The largest absolute Gasteiger partial charge is 0.493 e. The van der Waals surface area contributed by atoms with Crippen molar-refractivity contribution in [2.24, 2.45) is 5.92 Å². The average Bonchev–Trinajstić information content (AvgIpc) is 3.06. The molecule has 1 N–H and O–H groups in total. The fraction of sp³-hybridized carbons (Fsp3) is 0.571. The lowest BCUT2D eigenvalue weighted by Crippen LogP contribution is -2.69. The van der Waals surface area contributed by atoms with Gasteiger partial charge in [0.1, 0.15) is 17.4 Å². The Morgan fingerprint density at radius 1 is 0.978 bits per heavy atom. The number of benzene rings is 2. The Balaban J connectivity index is 1.09. The Hall–Kier alpha value is -3.67. The molecule has 4 saturated heterocycles. The van der Waals surface area contributed by atoms with Crippen molar-refractivity contribution in [1.29, 1.82) is 0 Å². The monoisotopic (exact) mass is 636 g/mol. The van der Waals surface area contributed by atoms with Crippen molar-refractivity contribution in [3.63, 3.8) is 0 Å². The number of carbonyl (C=O) groups is 3. The maximum atomic E-state index is 13.4. The van der Waals surface area contributed by atoms with Gasteiger partial charge in [-0.25, -0.2) is 4.79 Å². The number of amides is 3. The molecule has 0 aromatic heterocycles. The Bertz CT molecular complexity index is 1290. The minimum atomic E-state index is -0.711. The van der Waals surface area contributed by atoms with Crippen molar-refractivity contribution < 1.29 is 33.3 Å². The Labute approximate surface area is 272 Å². The lowest BCUT2D eigenvalue weighted by atomic mass is 9.82. The number of fused-ring (bicyclic) bond motifs is 3. The van der Waals surface area contributed by atoms with E-state index in [9.17, 15) is 14.4 Å². The van der Waals surface area contributed by atoms with Crippen LogP contribution < -0.4 is 10.1 Å². The predicted molar refractivity (Wildman–Crippen MR) is 172 cm³/mol. The molecule has 0 radical (unpaired) electrons. The summed E-state index contributed by atoms with van der Waals surface area (Å²) in [4.78, 5) is 44.8. The lowest BCUT2D eigenvalue weighted by molar-refractivity contribution is -0.145. The van der Waals surface area contributed by atoms with Crippen molar-refractivity contribution in [1.82, 2.24) is 20.0 Å². The van der Waals surface area contributed by atoms with E-state index in [4.69, 9.17) is 18.9 Å². The number of alkyl carbamates (subject to hydrolysis) is 1. The van der Waals surface area contributed by atoms with E-state index in [1.165, 1.54) is 0 Å². The number of nitrogens with zero attached hydrogens (tertiary/aromatic N) is 3. The van der Waals surface area contributed by atoms with Gasteiger partial charge in [-0.2, -0.15) is 0 Å². The highest BCUT2D eigenvalue weighted by atomic mass is 16.7. The molecule has 11 heteroatoms. The lowest BCUT2D eigenvalue weighted by Gasteiger charge is -2.51. The second kappa shape index (κ2) is 15.8. The third kappa shape index (κ3) is 8.37. The number of hydrogen-bond acceptors (Lipinski definition) is 8. The molecule has 4 fully saturated rings. The molecule has 2 aromatic rings. The Kier molecular flexibility index (Phi) is 11.5. The Morgan fingerprint density at radius 3 is 2.26 bits per heavy atom. The van der Waals surface area contributed by atoms with E-state index >= 15 is 0 Å². The number of rotatable bonds is 15. The molecule has 6 rings (SSSR count). The van der Waals surface area contributed by atoms with Crippen LogP contribution in [0, 0.1) is 5.92 Å². The van der Waals surface area contributed by atoms with Crippen LogP contribution in [0.5, 0.6) is 5.75 Å². The minimum absolute atomic E-state index is 0.0283. The molecule has 11 nitrogen and oxygen atoms in total. The van der Waals surface area contributed by atoms with Gasteiger partial charge in [-0.1, -0.05) is 30.3 Å². The predicted octanol–water partition coefficient (Wildman–Crippen LogP) is 3.87. The number of ether oxygens (including phenoxy) is 4. The smallest absolute Gasteiger partial charge is 0.408 e. The second-order valence-electron chi connectivity index (χ2n) is 12.4. The van der Waals surface area contributed by atoms with Crippen LogP contribution in [0.3, 0.4) is 0 Å². The van der Waals surface area contributed by atoms with Crippen molar-refractivity contribution in [2.75, 3.05) is 66.1 Å². The van der Waals surface area contributed by atoms with Gasteiger partial charge < -0.3 is 34.1 Å². The molecule has 4 aliphatic heterocycles. The fourth-order valence-electron chi connectivity index (χ4n) is 6.58. The zero-order chi connectivity index (χ0) is 32.5. The summed E-state index contributed by atoms with van der Waals surface area (Å²) >= 11 is 0. The van der Waals surface area contributed by atoms with Crippen molar-refractivity contribution in [2.45, 2.75) is 57.5 Å². The summed E-state index contributed by atoms with van der Waals surface area (Å²) in [6.45, 7) is 9.33. The third-order valence-electron chi connectivity index (χ3n) is 9.25. The summed E-state index contributed by atoms with van der Waals surface area (Å²) in [5, 5.41) is 3.13. The van der Waals surface area contributed by atoms with Crippen molar-refractivity contribution in [3.8, 4) is 5.75 Å². The number of carbonyl (C=O) groups excluding carboxylic acids is 3. The van der Waals surface area contributed by atoms with Gasteiger partial charge in [-0.3, -0.25) is 14.5 Å². The molecule has 4 heterocycles. The van der Waals surface area contributed by atoms with Crippen LogP contribution in [0.25, 0.3) is 0 Å². The molecule has 2 aromatic carbocycles. The average molecular weight is 637 g/mol. The SMILES string of the molecule is CCOC(CCN(C)C(=O)CCOc1ccc(C(=O)N2CC(NC(=O)O[C@H]3CN4CCC3CC4)(c3ccccc3)C2)cc1)OCC. The van der Waals surface area contributed by atoms with Gasteiger partial charge in [0.2, 0.25) is 5.91 Å². The number of likely N-dealkylation sites (tertiary alicyclic amines) is 1. The van der Waals surface area contributed by atoms with Gasteiger partial charge in [-0.05, 0) is 75.5 Å². The molecule has 0 saturated carbocycles. The van der Waals surface area contributed by atoms with E-state index in [0.29, 0.717) is 56.5 Å². The molecule has 4 aliphatic rings. The molecule has 0 aliphatic carbocycles. The molecule has 46 heavy (non-hydrogen) atoms. The van der Waals surface area contributed by atoms with Gasteiger partial charge in [0, 0.05) is 45.3 Å². The van der Waals surface area contributed by atoms with Crippen molar-refractivity contribution in [3.05, 3.63) is 65.7 Å². The first-order chi connectivity index (χ1) is 22.3. The highest BCUT2D eigenvalue weighted by molar-refractivity contribution is 5.95. The van der Waals surface area contributed by atoms with Crippen LogP contribution >= 0.6 is 0 Å².